The van der Waals surface area contributed by atoms with E-state index in [0.29, 0.717) is 6.04 Å². The summed E-state index contributed by atoms with van der Waals surface area (Å²) in [5.41, 5.74) is 2.67. The number of fused-ring (bicyclic) bond motifs is 1. The zero-order valence-electron chi connectivity index (χ0n) is 12.9. The van der Waals surface area contributed by atoms with E-state index in [1.807, 2.05) is 7.05 Å². The van der Waals surface area contributed by atoms with E-state index in [1.54, 1.807) is 0 Å². The highest BCUT2D eigenvalue weighted by Gasteiger charge is 2.33. The van der Waals surface area contributed by atoms with Gasteiger partial charge in [0.2, 0.25) is 0 Å². The first-order valence-corrected chi connectivity index (χ1v) is 6.78. The predicted molar refractivity (Wildman–Crippen MR) is 82.5 cm³/mol. The first kappa shape index (κ1) is 14.1. The van der Waals surface area contributed by atoms with Gasteiger partial charge in [0.1, 0.15) is 0 Å². The third-order valence-corrected chi connectivity index (χ3v) is 4.07. The minimum atomic E-state index is 0.00756. The maximum absolute atomic E-state index is 3.44. The van der Waals surface area contributed by atoms with Crippen LogP contribution in [0.3, 0.4) is 0 Å². The van der Waals surface area contributed by atoms with Gasteiger partial charge in [0.05, 0.1) is 6.04 Å². The molecule has 0 aliphatic carbocycles. The Morgan fingerprint density at radius 3 is 2.42 bits per heavy atom. The van der Waals surface area contributed by atoms with E-state index in [9.17, 15) is 0 Å². The summed E-state index contributed by atoms with van der Waals surface area (Å²) in [7, 11) is 8.43. The van der Waals surface area contributed by atoms with Crippen LogP contribution in [-0.2, 0) is 7.05 Å². The lowest BCUT2D eigenvalue weighted by molar-refractivity contribution is 0.179. The van der Waals surface area contributed by atoms with Gasteiger partial charge >= 0.3 is 0 Å². The zero-order chi connectivity index (χ0) is 14.2. The molecule has 1 aromatic carbocycles. The second kappa shape index (κ2) is 4.99. The molecule has 0 aliphatic rings. The van der Waals surface area contributed by atoms with Crippen LogP contribution in [0.1, 0.15) is 25.5 Å². The fraction of sp³-hybridized carbons (Fsp3) is 0.500. The number of benzene rings is 1. The molecular weight excluding hydrogens is 234 g/mol. The fourth-order valence-corrected chi connectivity index (χ4v) is 3.04. The van der Waals surface area contributed by atoms with Crippen LogP contribution in [0.4, 0.5) is 0 Å². The third kappa shape index (κ3) is 2.40. The first-order chi connectivity index (χ1) is 8.88. The average molecular weight is 259 g/mol. The number of nitrogens with zero attached hydrogens (tertiary/aromatic N) is 2. The van der Waals surface area contributed by atoms with E-state index in [-0.39, 0.29) is 5.54 Å². The van der Waals surface area contributed by atoms with Crippen molar-refractivity contribution in [3.63, 3.8) is 0 Å². The highest BCUT2D eigenvalue weighted by Crippen LogP contribution is 2.35. The van der Waals surface area contributed by atoms with E-state index in [2.05, 4.69) is 80.2 Å². The molecule has 1 aromatic heterocycles. The van der Waals surface area contributed by atoms with Gasteiger partial charge in [-0.3, -0.25) is 0 Å². The quantitative estimate of drug-likeness (QED) is 0.911. The molecule has 0 amide bonds. The Morgan fingerprint density at radius 1 is 1.21 bits per heavy atom. The van der Waals surface area contributed by atoms with Gasteiger partial charge in [-0.25, -0.2) is 0 Å². The Balaban J connectivity index is 2.64. The molecule has 2 aromatic rings. The number of para-hydroxylation sites is 1. The van der Waals surface area contributed by atoms with E-state index in [1.165, 1.54) is 16.5 Å². The molecule has 1 atom stereocenters. The van der Waals surface area contributed by atoms with Gasteiger partial charge in [0.25, 0.3) is 0 Å². The largest absolute Gasteiger partial charge is 0.350 e. The molecule has 0 radical (unpaired) electrons. The zero-order valence-corrected chi connectivity index (χ0v) is 12.9. The predicted octanol–water partition coefficient (Wildman–Crippen LogP) is 2.78. The Labute approximate surface area is 116 Å². The molecule has 1 heterocycles. The highest BCUT2D eigenvalue weighted by atomic mass is 15.2. The lowest BCUT2D eigenvalue weighted by atomic mass is 9.87. The average Bonchev–Trinajstić information content (AvgIpc) is 2.67. The summed E-state index contributed by atoms with van der Waals surface area (Å²) in [6, 6.07) is 8.93. The van der Waals surface area contributed by atoms with Crippen LogP contribution in [0, 0.1) is 0 Å². The summed E-state index contributed by atoms with van der Waals surface area (Å²) < 4.78 is 2.22. The molecule has 19 heavy (non-hydrogen) atoms. The van der Waals surface area contributed by atoms with Crippen molar-refractivity contribution >= 4 is 10.9 Å². The Hall–Kier alpha value is -1.32. The molecular formula is C16H25N3. The molecule has 0 spiro atoms. The van der Waals surface area contributed by atoms with Crippen molar-refractivity contribution in [2.45, 2.75) is 25.4 Å². The normalized spacial score (nSPS) is 14.3. The molecule has 1 unspecified atom stereocenters. The fourth-order valence-electron chi connectivity index (χ4n) is 3.04. The Morgan fingerprint density at radius 2 is 1.84 bits per heavy atom. The SMILES string of the molecule is CNC(C)(C)C(c1cn(C)c2ccccc12)N(C)C. The van der Waals surface area contributed by atoms with Crippen LogP contribution in [0.15, 0.2) is 30.5 Å². The second-order valence-corrected chi connectivity index (χ2v) is 6.05. The summed E-state index contributed by atoms with van der Waals surface area (Å²) in [6.07, 6.45) is 2.26. The van der Waals surface area contributed by atoms with Crippen LogP contribution in [0.2, 0.25) is 0 Å². The van der Waals surface area contributed by atoms with E-state index >= 15 is 0 Å². The number of rotatable bonds is 4. The van der Waals surface area contributed by atoms with Crippen molar-refractivity contribution in [2.75, 3.05) is 21.1 Å². The Bertz CT molecular complexity index is 566. The molecule has 0 bridgehead atoms. The minimum Gasteiger partial charge on any atom is -0.350 e. The molecule has 0 saturated carbocycles. The number of hydrogen-bond donors (Lipinski definition) is 1. The van der Waals surface area contributed by atoms with Crippen molar-refractivity contribution in [3.05, 3.63) is 36.0 Å². The second-order valence-electron chi connectivity index (χ2n) is 6.05. The van der Waals surface area contributed by atoms with Gasteiger partial charge in [-0.2, -0.15) is 0 Å². The Kier molecular flexibility index (Phi) is 3.70. The van der Waals surface area contributed by atoms with Gasteiger partial charge in [-0.15, -0.1) is 0 Å². The monoisotopic (exact) mass is 259 g/mol. The van der Waals surface area contributed by atoms with Crippen LogP contribution < -0.4 is 5.32 Å². The minimum absolute atomic E-state index is 0.00756. The molecule has 0 aliphatic heterocycles. The van der Waals surface area contributed by atoms with Crippen molar-refractivity contribution in [3.8, 4) is 0 Å². The van der Waals surface area contributed by atoms with E-state index in [0.717, 1.165) is 0 Å². The molecule has 2 rings (SSSR count). The van der Waals surface area contributed by atoms with Gasteiger partial charge < -0.3 is 14.8 Å². The summed E-state index contributed by atoms with van der Waals surface area (Å²) in [5, 5.41) is 4.78. The van der Waals surface area contributed by atoms with Crippen molar-refractivity contribution in [1.29, 1.82) is 0 Å². The summed E-state index contributed by atoms with van der Waals surface area (Å²) in [4.78, 5) is 2.29. The van der Waals surface area contributed by atoms with E-state index in [4.69, 9.17) is 0 Å². The van der Waals surface area contributed by atoms with Crippen LogP contribution in [0.5, 0.6) is 0 Å². The number of aromatic nitrogens is 1. The lowest BCUT2D eigenvalue weighted by Gasteiger charge is -2.38. The topological polar surface area (TPSA) is 20.2 Å². The summed E-state index contributed by atoms with van der Waals surface area (Å²) in [6.45, 7) is 4.50. The summed E-state index contributed by atoms with van der Waals surface area (Å²) in [5.74, 6) is 0. The van der Waals surface area contributed by atoms with Crippen LogP contribution >= 0.6 is 0 Å². The standard InChI is InChI=1S/C16H25N3/c1-16(2,17-3)15(18(4)5)13-11-19(6)14-10-8-7-9-12(13)14/h7-11,15,17H,1-6H3. The number of aryl methyl sites for hydroxylation is 1. The molecule has 0 fully saturated rings. The van der Waals surface area contributed by atoms with Gasteiger partial charge in [0, 0.05) is 29.7 Å². The maximum atomic E-state index is 3.44. The van der Waals surface area contributed by atoms with Crippen molar-refractivity contribution < 1.29 is 0 Å². The molecule has 3 heteroatoms. The van der Waals surface area contributed by atoms with Crippen LogP contribution in [-0.4, -0.2) is 36.1 Å². The maximum Gasteiger partial charge on any atom is 0.0540 e. The van der Waals surface area contributed by atoms with E-state index < -0.39 is 0 Å². The molecule has 104 valence electrons. The van der Waals surface area contributed by atoms with Gasteiger partial charge in [0.15, 0.2) is 0 Å². The number of likely N-dealkylation sites (N-methyl/N-ethyl adjacent to an activating group) is 2. The highest BCUT2D eigenvalue weighted by molar-refractivity contribution is 5.84. The third-order valence-electron chi connectivity index (χ3n) is 4.07. The molecule has 0 saturated heterocycles. The van der Waals surface area contributed by atoms with Crippen molar-refractivity contribution in [2.24, 2.45) is 7.05 Å². The van der Waals surface area contributed by atoms with Gasteiger partial charge in [-0.1, -0.05) is 18.2 Å². The number of hydrogen-bond acceptors (Lipinski definition) is 2. The van der Waals surface area contributed by atoms with Crippen molar-refractivity contribution in [1.82, 2.24) is 14.8 Å². The van der Waals surface area contributed by atoms with Gasteiger partial charge in [-0.05, 0) is 46.6 Å². The summed E-state index contributed by atoms with van der Waals surface area (Å²) >= 11 is 0. The van der Waals surface area contributed by atoms with Crippen LogP contribution in [0.25, 0.3) is 10.9 Å². The smallest absolute Gasteiger partial charge is 0.0540 e. The molecule has 1 N–H and O–H groups in total. The number of nitrogens with one attached hydrogen (secondary N) is 1. The molecule has 3 nitrogen and oxygen atoms in total. The lowest BCUT2D eigenvalue weighted by Crippen LogP contribution is -2.48. The first-order valence-electron chi connectivity index (χ1n) is 6.78.